The number of carbonyl (C=O) groups is 1. The molecule has 1 N–H and O–H groups in total. The fourth-order valence-corrected chi connectivity index (χ4v) is 3.81. The first-order valence-corrected chi connectivity index (χ1v) is 9.43. The monoisotopic (exact) mass is 347 g/mol. The third kappa shape index (κ3) is 3.22. The predicted octanol–water partition coefficient (Wildman–Crippen LogP) is 1.75. The van der Waals surface area contributed by atoms with E-state index in [0.29, 0.717) is 25.3 Å². The number of rotatable bonds is 5. The molecule has 2 heterocycles. The van der Waals surface area contributed by atoms with Crippen LogP contribution < -0.4 is 4.72 Å². The second-order valence-corrected chi connectivity index (χ2v) is 7.72. The first kappa shape index (κ1) is 16.7. The summed E-state index contributed by atoms with van der Waals surface area (Å²) < 4.78 is 29.3. The van der Waals surface area contributed by atoms with Crippen molar-refractivity contribution in [3.8, 4) is 0 Å². The van der Waals surface area contributed by atoms with Gasteiger partial charge in [-0.25, -0.2) is 13.1 Å². The van der Waals surface area contributed by atoms with Crippen LogP contribution in [-0.2, 0) is 23.1 Å². The molecule has 7 heteroatoms. The summed E-state index contributed by atoms with van der Waals surface area (Å²) in [5, 5.41) is 0. The lowest BCUT2D eigenvalue weighted by Gasteiger charge is -2.26. The average molecular weight is 347 g/mol. The van der Waals surface area contributed by atoms with Crippen LogP contribution >= 0.6 is 0 Å². The number of carbonyl (C=O) groups excluding carboxylic acids is 1. The second kappa shape index (κ2) is 6.41. The van der Waals surface area contributed by atoms with E-state index in [1.54, 1.807) is 9.47 Å². The highest BCUT2D eigenvalue weighted by Gasteiger charge is 2.27. The van der Waals surface area contributed by atoms with E-state index in [0.717, 1.165) is 11.1 Å². The normalized spacial score (nSPS) is 14.8. The lowest BCUT2D eigenvalue weighted by Crippen LogP contribution is -2.39. The Morgan fingerprint density at radius 3 is 2.54 bits per heavy atom. The van der Waals surface area contributed by atoms with Crippen molar-refractivity contribution in [2.75, 3.05) is 13.1 Å². The van der Waals surface area contributed by atoms with Gasteiger partial charge in [-0.2, -0.15) is 0 Å². The predicted molar refractivity (Wildman–Crippen MR) is 91.2 cm³/mol. The fourth-order valence-electron chi connectivity index (χ4n) is 2.76. The van der Waals surface area contributed by atoms with Gasteiger partial charge in [-0.1, -0.05) is 29.8 Å². The number of nitrogens with one attached hydrogen (secondary N) is 1. The molecule has 1 amide bonds. The molecule has 0 aliphatic carbocycles. The van der Waals surface area contributed by atoms with Crippen LogP contribution in [-0.4, -0.2) is 36.9 Å². The maximum atomic E-state index is 12.5. The average Bonchev–Trinajstić information content (AvgIpc) is 3.01. The van der Waals surface area contributed by atoms with Gasteiger partial charge in [0, 0.05) is 32.4 Å². The highest BCUT2D eigenvalue weighted by atomic mass is 32.2. The molecule has 0 radical (unpaired) electrons. The van der Waals surface area contributed by atoms with Gasteiger partial charge >= 0.3 is 0 Å². The van der Waals surface area contributed by atoms with Crippen LogP contribution in [0.3, 0.4) is 0 Å². The number of likely N-dealkylation sites (N-methyl/N-ethyl adjacent to an activating group) is 1. The Labute approximate surface area is 142 Å². The van der Waals surface area contributed by atoms with Crippen LogP contribution in [0.2, 0.25) is 0 Å². The standard InChI is InChI=1S/C17H21N3O3S/c1-3-19-8-9-20-12-15(10-16(20)17(19)21)24(22,23)18-11-14-6-4-13(2)5-7-14/h4-7,10,12,18H,3,8-9,11H2,1-2H3. The number of aryl methyl sites for hydroxylation is 1. The van der Waals surface area contributed by atoms with Crippen molar-refractivity contribution >= 4 is 15.9 Å². The quantitative estimate of drug-likeness (QED) is 0.896. The molecule has 1 aromatic carbocycles. The van der Waals surface area contributed by atoms with Gasteiger partial charge in [-0.05, 0) is 25.5 Å². The summed E-state index contributed by atoms with van der Waals surface area (Å²) >= 11 is 0. The number of sulfonamides is 1. The Morgan fingerprint density at radius 1 is 1.17 bits per heavy atom. The van der Waals surface area contributed by atoms with E-state index in [2.05, 4.69) is 4.72 Å². The number of fused-ring (bicyclic) bond motifs is 1. The Hall–Kier alpha value is -2.12. The molecule has 0 unspecified atom stereocenters. The summed E-state index contributed by atoms with van der Waals surface area (Å²) in [7, 11) is -3.65. The topological polar surface area (TPSA) is 71.4 Å². The van der Waals surface area contributed by atoms with E-state index in [1.165, 1.54) is 12.3 Å². The zero-order valence-corrected chi connectivity index (χ0v) is 14.6. The van der Waals surface area contributed by atoms with Gasteiger partial charge in [-0.3, -0.25) is 4.79 Å². The fraction of sp³-hybridized carbons (Fsp3) is 0.353. The van der Waals surface area contributed by atoms with Gasteiger partial charge in [0.05, 0.1) is 0 Å². The number of aromatic nitrogens is 1. The number of amides is 1. The molecule has 0 saturated heterocycles. The molecule has 0 atom stereocenters. The smallest absolute Gasteiger partial charge is 0.270 e. The summed E-state index contributed by atoms with van der Waals surface area (Å²) in [6.07, 6.45) is 1.54. The summed E-state index contributed by atoms with van der Waals surface area (Å²) in [6, 6.07) is 9.13. The molecule has 24 heavy (non-hydrogen) atoms. The third-order valence-electron chi connectivity index (χ3n) is 4.27. The minimum atomic E-state index is -3.65. The van der Waals surface area contributed by atoms with Crippen molar-refractivity contribution in [2.24, 2.45) is 0 Å². The van der Waals surface area contributed by atoms with Crippen molar-refractivity contribution in [1.29, 1.82) is 0 Å². The molecular formula is C17H21N3O3S. The maximum Gasteiger partial charge on any atom is 0.270 e. The van der Waals surface area contributed by atoms with E-state index in [-0.39, 0.29) is 17.3 Å². The molecule has 128 valence electrons. The Bertz CT molecular complexity index is 854. The van der Waals surface area contributed by atoms with Crippen molar-refractivity contribution in [3.05, 3.63) is 53.3 Å². The van der Waals surface area contributed by atoms with Crippen molar-refractivity contribution in [3.63, 3.8) is 0 Å². The molecule has 0 saturated carbocycles. The lowest BCUT2D eigenvalue weighted by molar-refractivity contribution is 0.0715. The van der Waals surface area contributed by atoms with E-state index in [9.17, 15) is 13.2 Å². The first-order chi connectivity index (χ1) is 11.4. The summed E-state index contributed by atoms with van der Waals surface area (Å²) in [5.74, 6) is -0.122. The summed E-state index contributed by atoms with van der Waals surface area (Å²) in [4.78, 5) is 14.1. The summed E-state index contributed by atoms with van der Waals surface area (Å²) in [5.41, 5.74) is 2.45. The molecule has 3 rings (SSSR count). The number of hydrogen-bond acceptors (Lipinski definition) is 3. The van der Waals surface area contributed by atoms with Crippen LogP contribution in [0, 0.1) is 6.92 Å². The van der Waals surface area contributed by atoms with Crippen LogP contribution in [0.15, 0.2) is 41.4 Å². The maximum absolute atomic E-state index is 12.5. The van der Waals surface area contributed by atoms with E-state index >= 15 is 0 Å². The van der Waals surface area contributed by atoms with Crippen molar-refractivity contribution in [1.82, 2.24) is 14.2 Å². The van der Waals surface area contributed by atoms with E-state index in [4.69, 9.17) is 0 Å². The molecule has 0 spiro atoms. The summed E-state index contributed by atoms with van der Waals surface area (Å²) in [6.45, 7) is 5.96. The zero-order chi connectivity index (χ0) is 17.3. The Balaban J connectivity index is 1.78. The Morgan fingerprint density at radius 2 is 1.88 bits per heavy atom. The number of benzene rings is 1. The highest BCUT2D eigenvalue weighted by molar-refractivity contribution is 7.89. The van der Waals surface area contributed by atoms with Gasteiger partial charge < -0.3 is 9.47 Å². The van der Waals surface area contributed by atoms with Crippen LogP contribution in [0.5, 0.6) is 0 Å². The van der Waals surface area contributed by atoms with Crippen LogP contribution in [0.25, 0.3) is 0 Å². The molecule has 1 aromatic heterocycles. The van der Waals surface area contributed by atoms with Gasteiger partial charge in [0.15, 0.2) is 0 Å². The SMILES string of the molecule is CCN1CCn2cc(S(=O)(=O)NCc3ccc(C)cc3)cc2C1=O. The minimum absolute atomic E-state index is 0.122. The zero-order valence-electron chi connectivity index (χ0n) is 13.8. The molecule has 0 fully saturated rings. The third-order valence-corrected chi connectivity index (χ3v) is 5.64. The first-order valence-electron chi connectivity index (χ1n) is 7.95. The van der Waals surface area contributed by atoms with E-state index < -0.39 is 10.0 Å². The second-order valence-electron chi connectivity index (χ2n) is 5.95. The minimum Gasteiger partial charge on any atom is -0.340 e. The molecular weight excluding hydrogens is 326 g/mol. The van der Waals surface area contributed by atoms with Crippen molar-refractivity contribution in [2.45, 2.75) is 31.8 Å². The number of nitrogens with zero attached hydrogens (tertiary/aromatic N) is 2. The highest BCUT2D eigenvalue weighted by Crippen LogP contribution is 2.20. The van der Waals surface area contributed by atoms with Crippen molar-refractivity contribution < 1.29 is 13.2 Å². The lowest BCUT2D eigenvalue weighted by atomic mass is 10.2. The Kier molecular flexibility index (Phi) is 4.47. The van der Waals surface area contributed by atoms with Crippen LogP contribution in [0.1, 0.15) is 28.5 Å². The largest absolute Gasteiger partial charge is 0.340 e. The van der Waals surface area contributed by atoms with Crippen LogP contribution in [0.4, 0.5) is 0 Å². The molecule has 2 aromatic rings. The van der Waals surface area contributed by atoms with Gasteiger partial charge in [0.2, 0.25) is 10.0 Å². The molecule has 1 aliphatic heterocycles. The molecule has 6 nitrogen and oxygen atoms in total. The van der Waals surface area contributed by atoms with Gasteiger partial charge in [-0.15, -0.1) is 0 Å². The van der Waals surface area contributed by atoms with E-state index in [1.807, 2.05) is 38.1 Å². The number of hydrogen-bond donors (Lipinski definition) is 1. The molecule has 0 bridgehead atoms. The van der Waals surface area contributed by atoms with Gasteiger partial charge in [0.25, 0.3) is 5.91 Å². The van der Waals surface area contributed by atoms with Gasteiger partial charge in [0.1, 0.15) is 10.6 Å². The molecule has 1 aliphatic rings.